The summed E-state index contributed by atoms with van der Waals surface area (Å²) in [5.74, 6) is 2.32. The molecule has 0 atom stereocenters. The number of anilines is 1. The molecule has 1 aromatic carbocycles. The highest BCUT2D eigenvalue weighted by atomic mass is 32.2. The van der Waals surface area contributed by atoms with Gasteiger partial charge < -0.3 is 13.9 Å². The number of aromatic nitrogens is 4. The maximum Gasteiger partial charge on any atom is 0.277 e. The fourth-order valence-corrected chi connectivity index (χ4v) is 4.27. The summed E-state index contributed by atoms with van der Waals surface area (Å²) < 4.78 is 16.9. The van der Waals surface area contributed by atoms with Gasteiger partial charge in [-0.1, -0.05) is 41.8 Å². The summed E-state index contributed by atoms with van der Waals surface area (Å²) in [6.45, 7) is 2.03. The Labute approximate surface area is 173 Å². The van der Waals surface area contributed by atoms with Crippen molar-refractivity contribution < 1.29 is 18.7 Å². The van der Waals surface area contributed by atoms with E-state index in [1.807, 2.05) is 6.92 Å². The molecule has 2 aromatic heterocycles. The molecule has 3 aromatic rings. The third-order valence-corrected chi connectivity index (χ3v) is 5.92. The number of ether oxygens (including phenoxy) is 2. The molecule has 2 heterocycles. The zero-order valence-electron chi connectivity index (χ0n) is 15.3. The fraction of sp³-hybridized carbons (Fsp3) is 0.312. The van der Waals surface area contributed by atoms with Crippen LogP contribution in [0.3, 0.4) is 0 Å². The van der Waals surface area contributed by atoms with E-state index in [2.05, 4.69) is 25.7 Å². The van der Waals surface area contributed by atoms with Gasteiger partial charge in [-0.15, -0.1) is 20.4 Å². The minimum absolute atomic E-state index is 0.110. The summed E-state index contributed by atoms with van der Waals surface area (Å²) in [5, 5.41) is 19.4. The Bertz CT molecular complexity index is 924. The summed E-state index contributed by atoms with van der Waals surface area (Å²) in [6, 6.07) is 5.27. The number of hydrogen-bond donors (Lipinski definition) is 1. The first-order valence-corrected chi connectivity index (χ1v) is 10.9. The van der Waals surface area contributed by atoms with Gasteiger partial charge in [0.15, 0.2) is 4.34 Å². The van der Waals surface area contributed by atoms with Gasteiger partial charge in [0, 0.05) is 11.6 Å². The molecule has 12 heteroatoms. The Morgan fingerprint density at radius 1 is 1.11 bits per heavy atom. The monoisotopic (exact) mass is 439 g/mol. The first kappa shape index (κ1) is 20.4. The first-order valence-electron chi connectivity index (χ1n) is 8.07. The van der Waals surface area contributed by atoms with E-state index in [4.69, 9.17) is 13.9 Å². The van der Waals surface area contributed by atoms with Crippen LogP contribution in [0.4, 0.5) is 5.13 Å². The van der Waals surface area contributed by atoms with E-state index in [0.29, 0.717) is 28.1 Å². The molecule has 9 nitrogen and oxygen atoms in total. The van der Waals surface area contributed by atoms with Crippen molar-refractivity contribution in [3.63, 3.8) is 0 Å². The van der Waals surface area contributed by atoms with E-state index in [-0.39, 0.29) is 16.9 Å². The Balaban J connectivity index is 1.59. The highest BCUT2D eigenvalue weighted by Crippen LogP contribution is 2.30. The lowest BCUT2D eigenvalue weighted by atomic mass is 10.2. The second-order valence-electron chi connectivity index (χ2n) is 5.12. The number of thioether (sulfide) groups is 2. The second kappa shape index (κ2) is 9.75. The van der Waals surface area contributed by atoms with Crippen molar-refractivity contribution in [3.05, 3.63) is 18.2 Å². The van der Waals surface area contributed by atoms with Gasteiger partial charge in [0.1, 0.15) is 11.5 Å². The van der Waals surface area contributed by atoms with Gasteiger partial charge in [0.05, 0.1) is 20.0 Å². The first-order chi connectivity index (χ1) is 13.6. The molecule has 0 unspecified atom stereocenters. The number of nitrogens with one attached hydrogen (secondary N) is 1. The molecule has 0 saturated carbocycles. The molecule has 0 aliphatic carbocycles. The van der Waals surface area contributed by atoms with Gasteiger partial charge in [0.2, 0.25) is 16.9 Å². The lowest BCUT2D eigenvalue weighted by Crippen LogP contribution is -2.13. The average molecular weight is 440 g/mol. The molecule has 0 saturated heterocycles. The number of methoxy groups -OCH3 is 2. The molecular weight excluding hydrogens is 422 g/mol. The number of carbonyl (C=O) groups is 1. The van der Waals surface area contributed by atoms with E-state index >= 15 is 0 Å². The quantitative estimate of drug-likeness (QED) is 0.393. The van der Waals surface area contributed by atoms with Crippen LogP contribution in [0.5, 0.6) is 11.5 Å². The van der Waals surface area contributed by atoms with Gasteiger partial charge in [-0.25, -0.2) is 0 Å². The molecular formula is C16H17N5O4S3. The van der Waals surface area contributed by atoms with Crippen molar-refractivity contribution in [3.8, 4) is 23.0 Å². The molecule has 0 spiro atoms. The lowest BCUT2D eigenvalue weighted by molar-refractivity contribution is -0.113. The number of carbonyl (C=O) groups excluding carboxylic acids is 1. The minimum atomic E-state index is -0.225. The molecule has 0 aliphatic heterocycles. The van der Waals surface area contributed by atoms with Crippen molar-refractivity contribution in [2.75, 3.05) is 31.0 Å². The predicted molar refractivity (Wildman–Crippen MR) is 108 cm³/mol. The van der Waals surface area contributed by atoms with Gasteiger partial charge in [-0.2, -0.15) is 0 Å². The van der Waals surface area contributed by atoms with Crippen LogP contribution in [0, 0.1) is 0 Å². The maximum absolute atomic E-state index is 12.1. The zero-order valence-corrected chi connectivity index (χ0v) is 17.7. The number of hydrogen-bond acceptors (Lipinski definition) is 11. The van der Waals surface area contributed by atoms with Crippen LogP contribution in [0.2, 0.25) is 0 Å². The molecule has 0 radical (unpaired) electrons. The second-order valence-corrected chi connectivity index (χ2v) is 8.53. The topological polar surface area (TPSA) is 112 Å². The van der Waals surface area contributed by atoms with Crippen molar-refractivity contribution >= 4 is 45.9 Å². The van der Waals surface area contributed by atoms with Crippen LogP contribution in [-0.4, -0.2) is 52.0 Å². The van der Waals surface area contributed by atoms with Crippen LogP contribution < -0.4 is 14.8 Å². The Kier molecular flexibility index (Phi) is 7.12. The molecule has 28 heavy (non-hydrogen) atoms. The maximum atomic E-state index is 12.1. The summed E-state index contributed by atoms with van der Waals surface area (Å²) in [7, 11) is 3.13. The largest absolute Gasteiger partial charge is 0.497 e. The summed E-state index contributed by atoms with van der Waals surface area (Å²) in [4.78, 5) is 12.1. The Hall–Kier alpha value is -2.31. The fourth-order valence-electron chi connectivity index (χ4n) is 2.04. The van der Waals surface area contributed by atoms with Crippen molar-refractivity contribution in [2.24, 2.45) is 0 Å². The third kappa shape index (κ3) is 5.36. The number of amides is 1. The van der Waals surface area contributed by atoms with E-state index in [1.165, 1.54) is 11.3 Å². The van der Waals surface area contributed by atoms with Crippen LogP contribution in [0.15, 0.2) is 32.2 Å². The number of rotatable bonds is 9. The smallest absolute Gasteiger partial charge is 0.277 e. The standard InChI is InChI=1S/C16H17N5O4S3/c1-4-26-16-21-19-14(28-16)17-12(22)8-27-15-20-18-13(25-15)9-5-10(23-2)7-11(6-9)24-3/h5-7H,4,8H2,1-3H3,(H,17,19,22). The predicted octanol–water partition coefficient (Wildman–Crippen LogP) is 3.45. The summed E-state index contributed by atoms with van der Waals surface area (Å²) in [5.41, 5.74) is 0.662. The number of nitrogens with zero attached hydrogens (tertiary/aromatic N) is 4. The van der Waals surface area contributed by atoms with Gasteiger partial charge in [0.25, 0.3) is 5.22 Å². The molecule has 0 aliphatic rings. The SMILES string of the molecule is CCSc1nnc(NC(=O)CSc2nnc(-c3cc(OC)cc(OC)c3)o2)s1. The molecule has 1 amide bonds. The number of benzene rings is 1. The van der Waals surface area contributed by atoms with Crippen LogP contribution >= 0.6 is 34.9 Å². The minimum Gasteiger partial charge on any atom is -0.497 e. The van der Waals surface area contributed by atoms with Gasteiger partial charge >= 0.3 is 0 Å². The van der Waals surface area contributed by atoms with E-state index in [0.717, 1.165) is 21.9 Å². The molecule has 1 N–H and O–H groups in total. The van der Waals surface area contributed by atoms with E-state index < -0.39 is 0 Å². The van der Waals surface area contributed by atoms with Crippen molar-refractivity contribution in [1.82, 2.24) is 20.4 Å². The lowest BCUT2D eigenvalue weighted by Gasteiger charge is -2.05. The zero-order chi connectivity index (χ0) is 19.9. The normalized spacial score (nSPS) is 10.7. The highest BCUT2D eigenvalue weighted by Gasteiger charge is 2.14. The average Bonchev–Trinajstić information content (AvgIpc) is 3.36. The van der Waals surface area contributed by atoms with Crippen LogP contribution in [0.25, 0.3) is 11.5 Å². The van der Waals surface area contributed by atoms with Crippen LogP contribution in [0.1, 0.15) is 6.92 Å². The molecule has 0 fully saturated rings. The Morgan fingerprint density at radius 2 is 1.86 bits per heavy atom. The molecule has 3 rings (SSSR count). The summed E-state index contributed by atoms with van der Waals surface area (Å²) in [6.07, 6.45) is 0. The summed E-state index contributed by atoms with van der Waals surface area (Å²) >= 11 is 4.05. The van der Waals surface area contributed by atoms with Gasteiger partial charge in [-0.05, 0) is 17.9 Å². The van der Waals surface area contributed by atoms with Crippen molar-refractivity contribution in [1.29, 1.82) is 0 Å². The molecule has 148 valence electrons. The van der Waals surface area contributed by atoms with E-state index in [1.54, 1.807) is 44.2 Å². The van der Waals surface area contributed by atoms with Crippen molar-refractivity contribution in [2.45, 2.75) is 16.5 Å². The van der Waals surface area contributed by atoms with Gasteiger partial charge in [-0.3, -0.25) is 10.1 Å². The molecule has 0 bridgehead atoms. The Morgan fingerprint density at radius 3 is 2.54 bits per heavy atom. The highest BCUT2D eigenvalue weighted by molar-refractivity contribution is 8.01. The van der Waals surface area contributed by atoms with E-state index in [9.17, 15) is 4.79 Å². The van der Waals surface area contributed by atoms with Crippen LogP contribution in [-0.2, 0) is 4.79 Å². The third-order valence-electron chi connectivity index (χ3n) is 3.25.